The Hall–Kier alpha value is -0.990. The number of nitrogens with one attached hydrogen (secondary N) is 1. The van der Waals surface area contributed by atoms with E-state index in [4.69, 9.17) is 5.73 Å². The van der Waals surface area contributed by atoms with E-state index in [1.54, 1.807) is 6.08 Å². The van der Waals surface area contributed by atoms with Gasteiger partial charge in [-0.25, -0.2) is 0 Å². The summed E-state index contributed by atoms with van der Waals surface area (Å²) in [6.07, 6.45) is 4.78. The van der Waals surface area contributed by atoms with Crippen molar-refractivity contribution in [3.05, 3.63) is 12.3 Å². The molecule has 1 aliphatic heterocycles. The van der Waals surface area contributed by atoms with Gasteiger partial charge in [0.2, 0.25) is 5.91 Å². The van der Waals surface area contributed by atoms with Gasteiger partial charge in [-0.2, -0.15) is 0 Å². The zero-order valence-electron chi connectivity index (χ0n) is 5.13. The highest BCUT2D eigenvalue weighted by atomic mass is 16.1. The Morgan fingerprint density at radius 3 is 3.00 bits per heavy atom. The second-order valence-electron chi connectivity index (χ2n) is 2.10. The third kappa shape index (κ3) is 1.45. The van der Waals surface area contributed by atoms with Gasteiger partial charge in [0.25, 0.3) is 0 Å². The lowest BCUT2D eigenvalue weighted by Crippen LogP contribution is -2.23. The molecule has 0 aromatic rings. The molecule has 9 heavy (non-hydrogen) atoms. The molecular formula is C6H10N2O. The van der Waals surface area contributed by atoms with Crippen LogP contribution in [0.25, 0.3) is 0 Å². The van der Waals surface area contributed by atoms with Crippen LogP contribution in [0.15, 0.2) is 12.3 Å². The summed E-state index contributed by atoms with van der Waals surface area (Å²) in [7, 11) is 0. The molecule has 0 aliphatic carbocycles. The number of amides is 1. The summed E-state index contributed by atoms with van der Waals surface area (Å²) in [6, 6.07) is 0.183. The summed E-state index contributed by atoms with van der Waals surface area (Å²) in [5.41, 5.74) is 5.12. The maximum atomic E-state index is 10.5. The molecule has 1 heterocycles. The van der Waals surface area contributed by atoms with E-state index < -0.39 is 0 Å². The lowest BCUT2D eigenvalue weighted by atomic mass is 10.2. The Labute approximate surface area is 53.9 Å². The second kappa shape index (κ2) is 2.53. The van der Waals surface area contributed by atoms with Crippen molar-refractivity contribution in [2.75, 3.05) is 0 Å². The van der Waals surface area contributed by atoms with Gasteiger partial charge in [0, 0.05) is 12.5 Å². The quantitative estimate of drug-likeness (QED) is 0.508. The van der Waals surface area contributed by atoms with Crippen LogP contribution in [-0.2, 0) is 4.79 Å². The largest absolute Gasteiger partial charge is 0.405 e. The topological polar surface area (TPSA) is 55.1 Å². The Kier molecular flexibility index (Phi) is 1.72. The zero-order chi connectivity index (χ0) is 6.69. The van der Waals surface area contributed by atoms with Crippen molar-refractivity contribution in [1.29, 1.82) is 0 Å². The molecule has 1 rings (SSSR count). The van der Waals surface area contributed by atoms with Crippen molar-refractivity contribution in [1.82, 2.24) is 5.32 Å². The van der Waals surface area contributed by atoms with Gasteiger partial charge < -0.3 is 11.1 Å². The Morgan fingerprint density at radius 1 is 1.78 bits per heavy atom. The van der Waals surface area contributed by atoms with Crippen molar-refractivity contribution >= 4 is 5.91 Å². The van der Waals surface area contributed by atoms with Crippen LogP contribution in [0.5, 0.6) is 0 Å². The number of hydrogen-bond donors (Lipinski definition) is 2. The van der Waals surface area contributed by atoms with Gasteiger partial charge in [-0.1, -0.05) is 0 Å². The first-order valence-electron chi connectivity index (χ1n) is 3.00. The fourth-order valence-electron chi connectivity index (χ4n) is 0.916. The Balaban J connectivity index is 2.39. The van der Waals surface area contributed by atoms with Crippen molar-refractivity contribution in [2.45, 2.75) is 18.9 Å². The molecule has 1 unspecified atom stereocenters. The van der Waals surface area contributed by atoms with Gasteiger partial charge in [-0.15, -0.1) is 0 Å². The van der Waals surface area contributed by atoms with E-state index >= 15 is 0 Å². The molecule has 0 saturated carbocycles. The molecule has 1 aliphatic rings. The molecule has 1 saturated heterocycles. The summed E-state index contributed by atoms with van der Waals surface area (Å²) in [5.74, 6) is 0.123. The molecule has 3 heteroatoms. The molecular weight excluding hydrogens is 116 g/mol. The average Bonchev–Trinajstić information content (AvgIpc) is 2.17. The zero-order valence-corrected chi connectivity index (χ0v) is 5.13. The molecule has 3 nitrogen and oxygen atoms in total. The molecule has 3 N–H and O–H groups in total. The molecule has 0 aromatic heterocycles. The highest BCUT2D eigenvalue weighted by molar-refractivity contribution is 5.78. The van der Waals surface area contributed by atoms with Crippen LogP contribution in [-0.4, -0.2) is 11.9 Å². The third-order valence-electron chi connectivity index (χ3n) is 1.37. The van der Waals surface area contributed by atoms with Crippen LogP contribution in [0.2, 0.25) is 0 Å². The minimum Gasteiger partial charge on any atom is -0.405 e. The minimum atomic E-state index is 0.123. The number of rotatable bonds is 1. The predicted octanol–water partition coefficient (Wildman–Crippen LogP) is -0.263. The highest BCUT2D eigenvalue weighted by Crippen LogP contribution is 2.06. The van der Waals surface area contributed by atoms with Crippen LogP contribution in [0.1, 0.15) is 12.8 Å². The van der Waals surface area contributed by atoms with Crippen LogP contribution < -0.4 is 11.1 Å². The van der Waals surface area contributed by atoms with E-state index in [0.29, 0.717) is 6.42 Å². The lowest BCUT2D eigenvalue weighted by molar-refractivity contribution is -0.119. The van der Waals surface area contributed by atoms with E-state index in [0.717, 1.165) is 6.42 Å². The summed E-state index contributed by atoms with van der Waals surface area (Å²) >= 11 is 0. The molecule has 0 spiro atoms. The van der Waals surface area contributed by atoms with Crippen molar-refractivity contribution in [3.8, 4) is 0 Å². The average molecular weight is 126 g/mol. The van der Waals surface area contributed by atoms with Gasteiger partial charge in [0.1, 0.15) is 0 Å². The Morgan fingerprint density at radius 2 is 2.56 bits per heavy atom. The smallest absolute Gasteiger partial charge is 0.220 e. The van der Waals surface area contributed by atoms with Gasteiger partial charge >= 0.3 is 0 Å². The van der Waals surface area contributed by atoms with Crippen molar-refractivity contribution < 1.29 is 4.79 Å². The number of carbonyl (C=O) groups is 1. The molecule has 1 amide bonds. The van der Waals surface area contributed by atoms with Gasteiger partial charge in [0.15, 0.2) is 0 Å². The first-order valence-corrected chi connectivity index (χ1v) is 3.00. The van der Waals surface area contributed by atoms with E-state index in [1.165, 1.54) is 6.20 Å². The normalized spacial score (nSPS) is 27.1. The van der Waals surface area contributed by atoms with Gasteiger partial charge in [0.05, 0.1) is 0 Å². The SMILES string of the molecule is N/C=C/C1CCC(=O)N1. The molecule has 50 valence electrons. The third-order valence-corrected chi connectivity index (χ3v) is 1.37. The lowest BCUT2D eigenvalue weighted by Gasteiger charge is -1.99. The van der Waals surface area contributed by atoms with E-state index in [9.17, 15) is 4.79 Å². The fraction of sp³-hybridized carbons (Fsp3) is 0.500. The fourth-order valence-corrected chi connectivity index (χ4v) is 0.916. The van der Waals surface area contributed by atoms with Gasteiger partial charge in [-0.05, 0) is 18.7 Å². The van der Waals surface area contributed by atoms with Crippen LogP contribution in [0.4, 0.5) is 0 Å². The minimum absolute atomic E-state index is 0.123. The maximum Gasteiger partial charge on any atom is 0.220 e. The van der Waals surface area contributed by atoms with Gasteiger partial charge in [-0.3, -0.25) is 4.79 Å². The number of nitrogens with two attached hydrogens (primary N) is 1. The van der Waals surface area contributed by atoms with Crippen LogP contribution in [0, 0.1) is 0 Å². The molecule has 0 radical (unpaired) electrons. The maximum absolute atomic E-state index is 10.5. The molecule has 1 fully saturated rings. The van der Waals surface area contributed by atoms with E-state index in [1.807, 2.05) is 0 Å². The summed E-state index contributed by atoms with van der Waals surface area (Å²) < 4.78 is 0. The molecule has 0 bridgehead atoms. The first-order chi connectivity index (χ1) is 4.33. The predicted molar refractivity (Wildman–Crippen MR) is 34.5 cm³/mol. The summed E-state index contributed by atoms with van der Waals surface area (Å²) in [6.45, 7) is 0. The van der Waals surface area contributed by atoms with Crippen LogP contribution in [0.3, 0.4) is 0 Å². The molecule has 0 aromatic carbocycles. The van der Waals surface area contributed by atoms with Crippen molar-refractivity contribution in [2.24, 2.45) is 5.73 Å². The standard InChI is InChI=1S/C6H10N2O/c7-4-3-5-1-2-6(9)8-5/h3-5H,1-2,7H2,(H,8,9)/b4-3+. The number of hydrogen-bond acceptors (Lipinski definition) is 2. The van der Waals surface area contributed by atoms with E-state index in [2.05, 4.69) is 5.32 Å². The van der Waals surface area contributed by atoms with Crippen molar-refractivity contribution in [3.63, 3.8) is 0 Å². The number of carbonyl (C=O) groups excluding carboxylic acids is 1. The monoisotopic (exact) mass is 126 g/mol. The van der Waals surface area contributed by atoms with E-state index in [-0.39, 0.29) is 11.9 Å². The van der Waals surface area contributed by atoms with Crippen LogP contribution >= 0.6 is 0 Å². The molecule has 1 atom stereocenters. The highest BCUT2D eigenvalue weighted by Gasteiger charge is 2.16. The Bertz CT molecular complexity index is 142. The summed E-state index contributed by atoms with van der Waals surface area (Å²) in [4.78, 5) is 10.5. The second-order valence-corrected chi connectivity index (χ2v) is 2.10. The summed E-state index contributed by atoms with van der Waals surface area (Å²) in [5, 5.41) is 2.75. The first kappa shape index (κ1) is 6.13.